The Kier molecular flexibility index (Phi) is 3.51. The minimum Gasteiger partial charge on any atom is -0.407 e. The average molecular weight is 250 g/mol. The zero-order valence-corrected chi connectivity index (χ0v) is 9.05. The van der Waals surface area contributed by atoms with Gasteiger partial charge in [0.25, 0.3) is 0 Å². The van der Waals surface area contributed by atoms with E-state index in [1.807, 2.05) is 0 Å². The highest BCUT2D eigenvalue weighted by Crippen LogP contribution is 2.20. The molecule has 17 heavy (non-hydrogen) atoms. The van der Waals surface area contributed by atoms with Gasteiger partial charge < -0.3 is 15.1 Å². The van der Waals surface area contributed by atoms with E-state index in [9.17, 15) is 13.2 Å². The van der Waals surface area contributed by atoms with Gasteiger partial charge in [-0.1, -0.05) is 5.10 Å². The van der Waals surface area contributed by atoms with Gasteiger partial charge >= 0.3 is 12.2 Å². The second-order valence-electron chi connectivity index (χ2n) is 3.95. The molecular formula is C9H13F3N4O. The summed E-state index contributed by atoms with van der Waals surface area (Å²) in [5.41, 5.74) is 0. The number of hydrogen-bond acceptors (Lipinski definition) is 5. The van der Waals surface area contributed by atoms with Crippen molar-refractivity contribution in [3.05, 3.63) is 5.89 Å². The van der Waals surface area contributed by atoms with Crippen LogP contribution in [0.4, 0.5) is 19.2 Å². The van der Waals surface area contributed by atoms with Gasteiger partial charge in [-0.3, -0.25) is 0 Å². The fourth-order valence-electron chi connectivity index (χ4n) is 1.23. The van der Waals surface area contributed by atoms with E-state index < -0.39 is 12.6 Å². The lowest BCUT2D eigenvalue weighted by Crippen LogP contribution is -2.15. The Morgan fingerprint density at radius 2 is 2.06 bits per heavy atom. The first-order chi connectivity index (χ1) is 8.03. The summed E-state index contributed by atoms with van der Waals surface area (Å²) in [7, 11) is 0. The molecule has 0 aliphatic heterocycles. The van der Waals surface area contributed by atoms with E-state index in [1.165, 1.54) is 0 Å². The van der Waals surface area contributed by atoms with Crippen LogP contribution in [0.5, 0.6) is 0 Å². The third-order valence-corrected chi connectivity index (χ3v) is 2.27. The van der Waals surface area contributed by atoms with E-state index in [2.05, 4.69) is 20.8 Å². The van der Waals surface area contributed by atoms with Gasteiger partial charge in [-0.05, 0) is 12.8 Å². The van der Waals surface area contributed by atoms with Gasteiger partial charge in [-0.25, -0.2) is 0 Å². The average Bonchev–Trinajstić information content (AvgIpc) is 2.95. The van der Waals surface area contributed by atoms with Crippen LogP contribution >= 0.6 is 0 Å². The van der Waals surface area contributed by atoms with E-state index >= 15 is 0 Å². The van der Waals surface area contributed by atoms with Crippen LogP contribution in [0.3, 0.4) is 0 Å². The topological polar surface area (TPSA) is 63.0 Å². The number of halogens is 3. The number of nitrogens with zero attached hydrogens (tertiary/aromatic N) is 2. The van der Waals surface area contributed by atoms with Crippen LogP contribution in [-0.2, 0) is 6.54 Å². The van der Waals surface area contributed by atoms with Crippen LogP contribution in [-0.4, -0.2) is 29.0 Å². The zero-order chi connectivity index (χ0) is 12.3. The van der Waals surface area contributed by atoms with Crippen LogP contribution < -0.4 is 10.6 Å². The fourth-order valence-corrected chi connectivity index (χ4v) is 1.23. The maximum atomic E-state index is 11.9. The number of nitrogens with one attached hydrogen (secondary N) is 2. The first-order valence-corrected chi connectivity index (χ1v) is 5.39. The molecule has 0 unspecified atom stereocenters. The Bertz CT molecular complexity index is 361. The third kappa shape index (κ3) is 4.59. The van der Waals surface area contributed by atoms with E-state index in [4.69, 9.17) is 4.42 Å². The molecule has 0 bridgehead atoms. The van der Waals surface area contributed by atoms with Gasteiger partial charge in [0.1, 0.15) is 0 Å². The van der Waals surface area contributed by atoms with Crippen molar-refractivity contribution in [1.82, 2.24) is 15.5 Å². The molecule has 0 amide bonds. The molecule has 1 aromatic rings. The van der Waals surface area contributed by atoms with E-state index in [-0.39, 0.29) is 12.6 Å². The predicted octanol–water partition coefficient (Wildman–Crippen LogP) is 1.69. The number of anilines is 1. The van der Waals surface area contributed by atoms with Crippen molar-refractivity contribution in [2.45, 2.75) is 38.0 Å². The van der Waals surface area contributed by atoms with Gasteiger partial charge in [0.2, 0.25) is 5.89 Å². The Labute approximate surface area is 95.8 Å². The molecule has 5 nitrogen and oxygen atoms in total. The minimum atomic E-state index is -4.18. The highest BCUT2D eigenvalue weighted by molar-refractivity contribution is 5.16. The lowest BCUT2D eigenvalue weighted by Gasteiger charge is -2.05. The summed E-state index contributed by atoms with van der Waals surface area (Å²) in [6.45, 7) is 0.194. The van der Waals surface area contributed by atoms with Gasteiger partial charge in [-0.2, -0.15) is 13.2 Å². The van der Waals surface area contributed by atoms with Crippen LogP contribution in [0.15, 0.2) is 4.42 Å². The van der Waals surface area contributed by atoms with Crippen molar-refractivity contribution in [2.75, 3.05) is 11.9 Å². The summed E-state index contributed by atoms with van der Waals surface area (Å²) in [6.07, 6.45) is -2.82. The normalized spacial score (nSPS) is 16.2. The lowest BCUT2D eigenvalue weighted by molar-refractivity contribution is -0.131. The maximum absolute atomic E-state index is 11.9. The molecule has 1 aliphatic rings. The summed E-state index contributed by atoms with van der Waals surface area (Å²) in [5, 5.41) is 12.9. The summed E-state index contributed by atoms with van der Waals surface area (Å²) in [5.74, 6) is 0.381. The molecule has 0 atom stereocenters. The molecule has 2 rings (SSSR count). The summed E-state index contributed by atoms with van der Waals surface area (Å²) < 4.78 is 40.7. The first kappa shape index (κ1) is 12.2. The van der Waals surface area contributed by atoms with Gasteiger partial charge in [0.05, 0.1) is 13.0 Å². The van der Waals surface area contributed by atoms with Gasteiger partial charge in [0, 0.05) is 12.6 Å². The predicted molar refractivity (Wildman–Crippen MR) is 53.3 cm³/mol. The molecular weight excluding hydrogens is 237 g/mol. The molecule has 1 heterocycles. The Morgan fingerprint density at radius 3 is 2.71 bits per heavy atom. The van der Waals surface area contributed by atoms with Crippen molar-refractivity contribution in [2.24, 2.45) is 0 Å². The largest absolute Gasteiger partial charge is 0.407 e. The standard InChI is InChI=1S/C9H13F3N4O/c10-9(11,12)3-4-13-8-16-15-7(17-8)5-14-6-1-2-6/h6,14H,1-5H2,(H,13,16). The van der Waals surface area contributed by atoms with Crippen LogP contribution in [0, 0.1) is 0 Å². The van der Waals surface area contributed by atoms with E-state index in [0.29, 0.717) is 18.5 Å². The molecule has 0 aromatic carbocycles. The van der Waals surface area contributed by atoms with Gasteiger partial charge in [-0.15, -0.1) is 5.10 Å². The van der Waals surface area contributed by atoms with Crippen LogP contribution in [0.1, 0.15) is 25.2 Å². The van der Waals surface area contributed by atoms with Crippen LogP contribution in [0.25, 0.3) is 0 Å². The molecule has 8 heteroatoms. The molecule has 2 N–H and O–H groups in total. The van der Waals surface area contributed by atoms with Crippen molar-refractivity contribution >= 4 is 6.01 Å². The van der Waals surface area contributed by atoms with Crippen molar-refractivity contribution in [1.29, 1.82) is 0 Å². The smallest absolute Gasteiger partial charge is 0.390 e. The van der Waals surface area contributed by atoms with E-state index in [1.54, 1.807) is 0 Å². The Balaban J connectivity index is 1.69. The summed E-state index contributed by atoms with van der Waals surface area (Å²) in [4.78, 5) is 0. The number of alkyl halides is 3. The number of aromatic nitrogens is 2. The number of hydrogen-bond donors (Lipinski definition) is 2. The molecule has 1 saturated carbocycles. The molecule has 0 saturated heterocycles. The minimum absolute atomic E-state index is 0.0295. The van der Waals surface area contributed by atoms with Crippen LogP contribution in [0.2, 0.25) is 0 Å². The van der Waals surface area contributed by atoms with Crippen molar-refractivity contribution in [3.63, 3.8) is 0 Å². The molecule has 1 aromatic heterocycles. The quantitative estimate of drug-likeness (QED) is 0.804. The lowest BCUT2D eigenvalue weighted by atomic mass is 10.4. The van der Waals surface area contributed by atoms with Crippen molar-refractivity contribution < 1.29 is 17.6 Å². The molecule has 96 valence electrons. The maximum Gasteiger partial charge on any atom is 0.390 e. The molecule has 1 fully saturated rings. The SMILES string of the molecule is FC(F)(F)CCNc1nnc(CNC2CC2)o1. The Morgan fingerprint density at radius 1 is 1.29 bits per heavy atom. The third-order valence-electron chi connectivity index (χ3n) is 2.27. The molecule has 0 radical (unpaired) electrons. The van der Waals surface area contributed by atoms with E-state index in [0.717, 1.165) is 12.8 Å². The highest BCUT2D eigenvalue weighted by atomic mass is 19.4. The molecule has 1 aliphatic carbocycles. The first-order valence-electron chi connectivity index (χ1n) is 5.39. The fraction of sp³-hybridized carbons (Fsp3) is 0.778. The number of rotatable bonds is 6. The summed E-state index contributed by atoms with van der Waals surface area (Å²) in [6, 6.07) is 0.547. The molecule has 0 spiro atoms. The second kappa shape index (κ2) is 4.91. The highest BCUT2D eigenvalue weighted by Gasteiger charge is 2.26. The second-order valence-corrected chi connectivity index (χ2v) is 3.95. The Hall–Kier alpha value is -1.31. The van der Waals surface area contributed by atoms with Crippen molar-refractivity contribution in [3.8, 4) is 0 Å². The summed E-state index contributed by atoms with van der Waals surface area (Å²) >= 11 is 0. The van der Waals surface area contributed by atoms with Gasteiger partial charge in [0.15, 0.2) is 0 Å². The zero-order valence-electron chi connectivity index (χ0n) is 9.05. The monoisotopic (exact) mass is 250 g/mol.